The standard InChI is InChI=1S/C18H28N2O2/c1-13(2)14-7-6-8-15(11-14)16-12-19-9-10-20(16)17(21)22-18(3,4)5/h6-8,11,13,16,19H,9-10,12H2,1-5H3. The Labute approximate surface area is 133 Å². The fourth-order valence-electron chi connectivity index (χ4n) is 2.67. The maximum absolute atomic E-state index is 12.5. The van der Waals surface area contributed by atoms with Gasteiger partial charge in [-0.25, -0.2) is 4.79 Å². The Morgan fingerprint density at radius 1 is 1.36 bits per heavy atom. The van der Waals surface area contributed by atoms with Crippen LogP contribution in [-0.4, -0.2) is 36.2 Å². The predicted molar refractivity (Wildman–Crippen MR) is 89.1 cm³/mol. The molecule has 1 heterocycles. The Morgan fingerprint density at radius 3 is 2.73 bits per heavy atom. The Morgan fingerprint density at radius 2 is 2.09 bits per heavy atom. The van der Waals surface area contributed by atoms with Crippen LogP contribution in [0.15, 0.2) is 24.3 Å². The van der Waals surface area contributed by atoms with Crippen LogP contribution in [0, 0.1) is 0 Å². The minimum atomic E-state index is -0.466. The molecule has 1 aliphatic rings. The minimum absolute atomic E-state index is 0.0299. The number of benzene rings is 1. The average molecular weight is 304 g/mol. The Balaban J connectivity index is 2.23. The zero-order chi connectivity index (χ0) is 16.3. The second kappa shape index (κ2) is 6.69. The summed E-state index contributed by atoms with van der Waals surface area (Å²) in [6.07, 6.45) is -0.228. The number of nitrogens with zero attached hydrogens (tertiary/aromatic N) is 1. The topological polar surface area (TPSA) is 41.6 Å². The van der Waals surface area contributed by atoms with Gasteiger partial charge >= 0.3 is 6.09 Å². The van der Waals surface area contributed by atoms with E-state index in [1.54, 1.807) is 0 Å². The lowest BCUT2D eigenvalue weighted by Crippen LogP contribution is -2.50. The summed E-state index contributed by atoms with van der Waals surface area (Å²) in [6, 6.07) is 8.55. The summed E-state index contributed by atoms with van der Waals surface area (Å²) in [4.78, 5) is 14.3. The van der Waals surface area contributed by atoms with Crippen molar-refractivity contribution in [2.45, 2.75) is 52.2 Å². The van der Waals surface area contributed by atoms with E-state index in [0.29, 0.717) is 12.5 Å². The molecule has 1 N–H and O–H groups in total. The zero-order valence-electron chi connectivity index (χ0n) is 14.3. The lowest BCUT2D eigenvalue weighted by Gasteiger charge is -2.37. The number of carbonyl (C=O) groups excluding carboxylic acids is 1. The smallest absolute Gasteiger partial charge is 0.410 e. The molecule has 1 aromatic rings. The van der Waals surface area contributed by atoms with Crippen LogP contribution in [0.2, 0.25) is 0 Å². The van der Waals surface area contributed by atoms with E-state index in [4.69, 9.17) is 4.74 Å². The summed E-state index contributed by atoms with van der Waals surface area (Å²) in [6.45, 7) is 12.3. The first-order valence-electron chi connectivity index (χ1n) is 8.08. The third kappa shape index (κ3) is 4.23. The molecule has 1 aromatic carbocycles. The summed E-state index contributed by atoms with van der Waals surface area (Å²) in [5.74, 6) is 0.478. The molecule has 0 aliphatic carbocycles. The number of carbonyl (C=O) groups is 1. The Bertz CT molecular complexity index is 520. The van der Waals surface area contributed by atoms with Crippen LogP contribution in [0.4, 0.5) is 4.79 Å². The van der Waals surface area contributed by atoms with Gasteiger partial charge in [-0.1, -0.05) is 38.1 Å². The molecule has 4 nitrogen and oxygen atoms in total. The molecular weight excluding hydrogens is 276 g/mol. The lowest BCUT2D eigenvalue weighted by molar-refractivity contribution is 0.0118. The van der Waals surface area contributed by atoms with Crippen molar-refractivity contribution in [1.82, 2.24) is 10.2 Å². The van der Waals surface area contributed by atoms with Gasteiger partial charge in [-0.2, -0.15) is 0 Å². The second-order valence-electron chi connectivity index (χ2n) is 7.22. The van der Waals surface area contributed by atoms with Crippen molar-refractivity contribution in [3.05, 3.63) is 35.4 Å². The molecule has 1 amide bonds. The molecule has 22 heavy (non-hydrogen) atoms. The van der Waals surface area contributed by atoms with Crippen molar-refractivity contribution in [1.29, 1.82) is 0 Å². The minimum Gasteiger partial charge on any atom is -0.444 e. The number of piperazine rings is 1. The third-order valence-electron chi connectivity index (χ3n) is 3.83. The van der Waals surface area contributed by atoms with E-state index in [2.05, 4.69) is 43.4 Å². The molecule has 122 valence electrons. The zero-order valence-corrected chi connectivity index (χ0v) is 14.3. The molecule has 0 radical (unpaired) electrons. The number of nitrogens with one attached hydrogen (secondary N) is 1. The van der Waals surface area contributed by atoms with Crippen molar-refractivity contribution >= 4 is 6.09 Å². The van der Waals surface area contributed by atoms with Gasteiger partial charge in [0.15, 0.2) is 0 Å². The van der Waals surface area contributed by atoms with Crippen LogP contribution in [0.25, 0.3) is 0 Å². The number of hydrogen-bond donors (Lipinski definition) is 1. The summed E-state index contributed by atoms with van der Waals surface area (Å²) < 4.78 is 5.57. The predicted octanol–water partition coefficient (Wildman–Crippen LogP) is 3.69. The summed E-state index contributed by atoms with van der Waals surface area (Å²) in [5.41, 5.74) is 2.00. The van der Waals surface area contributed by atoms with Crippen molar-refractivity contribution < 1.29 is 9.53 Å². The molecule has 4 heteroatoms. The highest BCUT2D eigenvalue weighted by Gasteiger charge is 2.31. The SMILES string of the molecule is CC(C)c1cccc(C2CNCCN2C(=O)OC(C)(C)C)c1. The van der Waals surface area contributed by atoms with E-state index < -0.39 is 5.60 Å². The molecule has 0 aromatic heterocycles. The number of rotatable bonds is 2. The van der Waals surface area contributed by atoms with Gasteiger partial charge in [0.25, 0.3) is 0 Å². The maximum Gasteiger partial charge on any atom is 0.410 e. The highest BCUT2D eigenvalue weighted by molar-refractivity contribution is 5.69. The Hall–Kier alpha value is -1.55. The second-order valence-corrected chi connectivity index (χ2v) is 7.22. The molecule has 0 bridgehead atoms. The number of ether oxygens (including phenoxy) is 1. The van der Waals surface area contributed by atoms with Gasteiger partial charge in [-0.3, -0.25) is 4.90 Å². The first-order valence-corrected chi connectivity index (χ1v) is 8.08. The number of amides is 1. The van der Waals surface area contributed by atoms with E-state index >= 15 is 0 Å². The van der Waals surface area contributed by atoms with Crippen molar-refractivity contribution in [3.63, 3.8) is 0 Å². The molecule has 1 saturated heterocycles. The molecule has 1 atom stereocenters. The van der Waals surface area contributed by atoms with Crippen LogP contribution < -0.4 is 5.32 Å². The monoisotopic (exact) mass is 304 g/mol. The van der Waals surface area contributed by atoms with Gasteiger partial charge in [0, 0.05) is 19.6 Å². The van der Waals surface area contributed by atoms with Gasteiger partial charge < -0.3 is 10.1 Å². The van der Waals surface area contributed by atoms with E-state index in [9.17, 15) is 4.79 Å². The van der Waals surface area contributed by atoms with Gasteiger partial charge in [0.05, 0.1) is 6.04 Å². The summed E-state index contributed by atoms with van der Waals surface area (Å²) in [5, 5.41) is 3.38. The van der Waals surface area contributed by atoms with Crippen LogP contribution >= 0.6 is 0 Å². The normalized spacial score (nSPS) is 19.4. The first kappa shape index (κ1) is 16.8. The summed E-state index contributed by atoms with van der Waals surface area (Å²) >= 11 is 0. The van der Waals surface area contributed by atoms with Crippen LogP contribution in [0.5, 0.6) is 0 Å². The van der Waals surface area contributed by atoms with Crippen LogP contribution in [0.1, 0.15) is 57.7 Å². The molecule has 1 fully saturated rings. The molecule has 2 rings (SSSR count). The molecule has 1 unspecified atom stereocenters. The van der Waals surface area contributed by atoms with E-state index in [1.165, 1.54) is 11.1 Å². The summed E-state index contributed by atoms with van der Waals surface area (Å²) in [7, 11) is 0. The van der Waals surface area contributed by atoms with Crippen LogP contribution in [-0.2, 0) is 4.74 Å². The quantitative estimate of drug-likeness (QED) is 0.906. The molecule has 0 spiro atoms. The highest BCUT2D eigenvalue weighted by atomic mass is 16.6. The van der Waals surface area contributed by atoms with Gasteiger partial charge in [-0.15, -0.1) is 0 Å². The lowest BCUT2D eigenvalue weighted by atomic mass is 9.96. The maximum atomic E-state index is 12.5. The van der Waals surface area contributed by atoms with Gasteiger partial charge in [-0.05, 0) is 37.8 Å². The molecule has 1 aliphatic heterocycles. The van der Waals surface area contributed by atoms with E-state index in [1.807, 2.05) is 25.7 Å². The fourth-order valence-corrected chi connectivity index (χ4v) is 2.67. The van der Waals surface area contributed by atoms with Gasteiger partial charge in [0.2, 0.25) is 0 Å². The third-order valence-corrected chi connectivity index (χ3v) is 3.83. The average Bonchev–Trinajstić information content (AvgIpc) is 2.45. The van der Waals surface area contributed by atoms with Crippen molar-refractivity contribution in [3.8, 4) is 0 Å². The van der Waals surface area contributed by atoms with Crippen molar-refractivity contribution in [2.75, 3.05) is 19.6 Å². The van der Waals surface area contributed by atoms with Crippen LogP contribution in [0.3, 0.4) is 0 Å². The first-order chi connectivity index (χ1) is 10.3. The molecular formula is C18H28N2O2. The Kier molecular flexibility index (Phi) is 5.12. The van der Waals surface area contributed by atoms with E-state index in [0.717, 1.165) is 13.1 Å². The molecule has 0 saturated carbocycles. The largest absolute Gasteiger partial charge is 0.444 e. The number of hydrogen-bond acceptors (Lipinski definition) is 3. The van der Waals surface area contributed by atoms with Crippen molar-refractivity contribution in [2.24, 2.45) is 0 Å². The van der Waals surface area contributed by atoms with Gasteiger partial charge in [0.1, 0.15) is 5.60 Å². The highest BCUT2D eigenvalue weighted by Crippen LogP contribution is 2.27. The fraction of sp³-hybridized carbons (Fsp3) is 0.611. The van der Waals surface area contributed by atoms with E-state index in [-0.39, 0.29) is 12.1 Å².